The van der Waals surface area contributed by atoms with Gasteiger partial charge in [0.1, 0.15) is 0 Å². The molecule has 0 aromatic carbocycles. The van der Waals surface area contributed by atoms with Crippen LogP contribution in [0.4, 0.5) is 0 Å². The maximum atomic E-state index is 5.40. The predicted octanol–water partition coefficient (Wildman–Crippen LogP) is 1.30. The van der Waals surface area contributed by atoms with Crippen LogP contribution in [0.5, 0.6) is 0 Å². The summed E-state index contributed by atoms with van der Waals surface area (Å²) in [6, 6.07) is 0. The van der Waals surface area contributed by atoms with Crippen molar-refractivity contribution >= 4 is 0 Å². The largest absolute Gasteiger partial charge is 0.379 e. The van der Waals surface area contributed by atoms with Gasteiger partial charge in [-0.25, -0.2) is 4.68 Å². The highest BCUT2D eigenvalue weighted by atomic mass is 16.5. The highest BCUT2D eigenvalue weighted by molar-refractivity contribution is 4.97. The maximum absolute atomic E-state index is 5.40. The lowest BCUT2D eigenvalue weighted by Gasteiger charge is -2.22. The van der Waals surface area contributed by atoms with Gasteiger partial charge in [-0.2, -0.15) is 0 Å². The van der Waals surface area contributed by atoms with Crippen molar-refractivity contribution in [3.63, 3.8) is 0 Å². The molecule has 1 aromatic heterocycles. The molecule has 1 N–H and O–H groups in total. The van der Waals surface area contributed by atoms with Crippen LogP contribution in [-0.4, -0.2) is 33.7 Å². The third-order valence-corrected chi connectivity index (χ3v) is 3.14. The third-order valence-electron chi connectivity index (χ3n) is 3.14. The van der Waals surface area contributed by atoms with E-state index in [2.05, 4.69) is 43.3 Å². The fraction of sp³-hybridized carbons (Fsp3) is 0.833. The Hall–Kier alpha value is -0.940. The van der Waals surface area contributed by atoms with Gasteiger partial charge < -0.3 is 10.1 Å². The summed E-state index contributed by atoms with van der Waals surface area (Å²) < 4.78 is 7.30. The lowest BCUT2D eigenvalue weighted by molar-refractivity contribution is 0.171. The highest BCUT2D eigenvalue weighted by Gasteiger charge is 2.29. The van der Waals surface area contributed by atoms with Crippen LogP contribution in [0.25, 0.3) is 0 Å². The standard InChI is InChI=1S/C12H22N4O/c1-11(2,3)16-8-10(14-15-16)7-13-12(4)5-6-17-9-12/h8,13H,5-7,9H2,1-4H3. The average molecular weight is 238 g/mol. The van der Waals surface area contributed by atoms with Gasteiger partial charge in [-0.3, -0.25) is 0 Å². The van der Waals surface area contributed by atoms with Crippen molar-refractivity contribution < 1.29 is 4.74 Å². The smallest absolute Gasteiger partial charge is 0.0965 e. The zero-order valence-electron chi connectivity index (χ0n) is 11.2. The fourth-order valence-corrected chi connectivity index (χ4v) is 1.82. The van der Waals surface area contributed by atoms with Gasteiger partial charge in [0.15, 0.2) is 0 Å². The lowest BCUT2D eigenvalue weighted by atomic mass is 10.0. The quantitative estimate of drug-likeness (QED) is 0.862. The molecule has 2 heterocycles. The van der Waals surface area contributed by atoms with Crippen LogP contribution in [-0.2, 0) is 16.8 Å². The van der Waals surface area contributed by atoms with Crippen molar-refractivity contribution in [2.75, 3.05) is 13.2 Å². The molecule has 96 valence electrons. The Morgan fingerprint density at radius 2 is 2.29 bits per heavy atom. The minimum atomic E-state index is -0.00831. The van der Waals surface area contributed by atoms with Gasteiger partial charge in [-0.1, -0.05) is 5.21 Å². The number of rotatable bonds is 3. The Bertz CT molecular complexity index is 374. The molecule has 0 aliphatic carbocycles. The summed E-state index contributed by atoms with van der Waals surface area (Å²) >= 11 is 0. The number of aromatic nitrogens is 3. The average Bonchev–Trinajstić information content (AvgIpc) is 2.83. The second kappa shape index (κ2) is 4.38. The molecular weight excluding hydrogens is 216 g/mol. The first kappa shape index (κ1) is 12.5. The normalized spacial score (nSPS) is 25.4. The molecular formula is C12H22N4O. The summed E-state index contributed by atoms with van der Waals surface area (Å²) in [7, 11) is 0. The van der Waals surface area contributed by atoms with Crippen LogP contribution in [0, 0.1) is 0 Å². The van der Waals surface area contributed by atoms with E-state index in [1.807, 2.05) is 10.9 Å². The van der Waals surface area contributed by atoms with E-state index in [1.165, 1.54) is 0 Å². The van der Waals surface area contributed by atoms with Gasteiger partial charge in [0, 0.05) is 18.7 Å². The topological polar surface area (TPSA) is 52.0 Å². The highest BCUT2D eigenvalue weighted by Crippen LogP contribution is 2.18. The molecule has 0 amide bonds. The van der Waals surface area contributed by atoms with Crippen LogP contribution in [0.2, 0.25) is 0 Å². The van der Waals surface area contributed by atoms with Gasteiger partial charge in [-0.05, 0) is 34.1 Å². The third kappa shape index (κ3) is 3.04. The number of nitrogens with zero attached hydrogens (tertiary/aromatic N) is 3. The number of nitrogens with one attached hydrogen (secondary N) is 1. The summed E-state index contributed by atoms with van der Waals surface area (Å²) in [5, 5.41) is 11.8. The summed E-state index contributed by atoms with van der Waals surface area (Å²) in [5.41, 5.74) is 1.06. The minimum Gasteiger partial charge on any atom is -0.379 e. The SMILES string of the molecule is CC1(NCc2cn(C(C)(C)C)nn2)CCOC1. The molecule has 1 aliphatic heterocycles. The van der Waals surface area contributed by atoms with Gasteiger partial charge in [0.2, 0.25) is 0 Å². The van der Waals surface area contributed by atoms with E-state index in [0.717, 1.165) is 31.9 Å². The fourth-order valence-electron chi connectivity index (χ4n) is 1.82. The number of hydrogen-bond acceptors (Lipinski definition) is 4. The molecule has 17 heavy (non-hydrogen) atoms. The molecule has 5 heteroatoms. The number of hydrogen-bond donors (Lipinski definition) is 1. The predicted molar refractivity (Wildman–Crippen MR) is 65.7 cm³/mol. The van der Waals surface area contributed by atoms with Crippen molar-refractivity contribution in [1.82, 2.24) is 20.3 Å². The summed E-state index contributed by atoms with van der Waals surface area (Å²) in [5.74, 6) is 0. The van der Waals surface area contributed by atoms with Crippen LogP contribution >= 0.6 is 0 Å². The van der Waals surface area contributed by atoms with Crippen molar-refractivity contribution in [2.45, 2.75) is 51.7 Å². The van der Waals surface area contributed by atoms with Crippen molar-refractivity contribution in [2.24, 2.45) is 0 Å². The first-order valence-corrected chi connectivity index (χ1v) is 6.14. The molecule has 0 saturated carbocycles. The summed E-state index contributed by atoms with van der Waals surface area (Å²) in [4.78, 5) is 0. The van der Waals surface area contributed by atoms with Crippen molar-refractivity contribution in [3.05, 3.63) is 11.9 Å². The van der Waals surface area contributed by atoms with Crippen LogP contribution in [0.3, 0.4) is 0 Å². The zero-order chi connectivity index (χ0) is 12.5. The van der Waals surface area contributed by atoms with Crippen molar-refractivity contribution in [1.29, 1.82) is 0 Å². The molecule has 1 saturated heterocycles. The van der Waals surface area contributed by atoms with Gasteiger partial charge in [-0.15, -0.1) is 5.10 Å². The van der Waals surface area contributed by atoms with E-state index in [9.17, 15) is 0 Å². The van der Waals surface area contributed by atoms with Gasteiger partial charge in [0.05, 0.1) is 24.0 Å². The second-order valence-corrected chi connectivity index (χ2v) is 6.04. The van der Waals surface area contributed by atoms with Crippen LogP contribution in [0.1, 0.15) is 39.8 Å². The Labute approximate surface area is 103 Å². The lowest BCUT2D eigenvalue weighted by Crippen LogP contribution is -2.42. The molecule has 2 rings (SSSR count). The molecule has 1 atom stereocenters. The molecule has 1 aromatic rings. The first-order chi connectivity index (χ1) is 7.89. The molecule has 1 unspecified atom stereocenters. The van der Waals surface area contributed by atoms with Crippen molar-refractivity contribution in [3.8, 4) is 0 Å². The van der Waals surface area contributed by atoms with E-state index in [0.29, 0.717) is 0 Å². The molecule has 1 aliphatic rings. The molecule has 0 spiro atoms. The van der Waals surface area contributed by atoms with E-state index < -0.39 is 0 Å². The molecule has 0 radical (unpaired) electrons. The van der Waals surface area contributed by atoms with Gasteiger partial charge in [0.25, 0.3) is 0 Å². The van der Waals surface area contributed by atoms with Crippen LogP contribution in [0.15, 0.2) is 6.20 Å². The minimum absolute atomic E-state index is 0.00831. The number of ether oxygens (including phenoxy) is 1. The molecule has 5 nitrogen and oxygen atoms in total. The van der Waals surface area contributed by atoms with E-state index >= 15 is 0 Å². The summed E-state index contributed by atoms with van der Waals surface area (Å²) in [6.45, 7) is 10.9. The Balaban J connectivity index is 1.93. The van der Waals surface area contributed by atoms with E-state index in [1.54, 1.807) is 0 Å². The van der Waals surface area contributed by atoms with Crippen LogP contribution < -0.4 is 5.32 Å². The van der Waals surface area contributed by atoms with Gasteiger partial charge >= 0.3 is 0 Å². The molecule has 1 fully saturated rings. The Morgan fingerprint density at radius 1 is 1.53 bits per heavy atom. The monoisotopic (exact) mass is 238 g/mol. The Morgan fingerprint density at radius 3 is 2.82 bits per heavy atom. The maximum Gasteiger partial charge on any atom is 0.0965 e. The first-order valence-electron chi connectivity index (χ1n) is 6.14. The summed E-state index contributed by atoms with van der Waals surface area (Å²) in [6.07, 6.45) is 3.06. The Kier molecular flexibility index (Phi) is 3.23. The van der Waals surface area contributed by atoms with E-state index in [4.69, 9.17) is 4.74 Å². The van der Waals surface area contributed by atoms with E-state index in [-0.39, 0.29) is 11.1 Å². The second-order valence-electron chi connectivity index (χ2n) is 6.04. The zero-order valence-corrected chi connectivity index (χ0v) is 11.2. The molecule has 0 bridgehead atoms.